The van der Waals surface area contributed by atoms with Gasteiger partial charge in [-0.15, -0.1) is 0 Å². The monoisotopic (exact) mass is 254 g/mol. The zero-order chi connectivity index (χ0) is 13.2. The SMILES string of the molecule is CCCCCCCCCC[n+]1ccoc1C(=O)O. The summed E-state index contributed by atoms with van der Waals surface area (Å²) in [5.74, 6) is -0.975. The van der Waals surface area contributed by atoms with Crippen molar-refractivity contribution in [2.75, 3.05) is 0 Å². The minimum absolute atomic E-state index is 0.0259. The van der Waals surface area contributed by atoms with E-state index >= 15 is 0 Å². The molecule has 0 aromatic carbocycles. The first kappa shape index (κ1) is 14.7. The number of aromatic carboxylic acids is 1. The van der Waals surface area contributed by atoms with Gasteiger partial charge in [0, 0.05) is 6.42 Å². The van der Waals surface area contributed by atoms with Gasteiger partial charge in [0.25, 0.3) is 0 Å². The molecule has 4 heteroatoms. The van der Waals surface area contributed by atoms with Gasteiger partial charge in [-0.3, -0.25) is 0 Å². The van der Waals surface area contributed by atoms with Crippen molar-refractivity contribution in [3.8, 4) is 0 Å². The van der Waals surface area contributed by atoms with Crippen LogP contribution in [0.15, 0.2) is 16.9 Å². The standard InChI is InChI=1S/C14H23NO3/c1-2-3-4-5-6-7-8-9-10-15-11-12-18-13(15)14(16)17/h11-12H,2-10H2,1H3/p+1. The first-order valence-electron chi connectivity index (χ1n) is 6.96. The van der Waals surface area contributed by atoms with Gasteiger partial charge in [0.1, 0.15) is 0 Å². The predicted molar refractivity (Wildman–Crippen MR) is 68.5 cm³/mol. The lowest BCUT2D eigenvalue weighted by molar-refractivity contribution is -0.702. The van der Waals surface area contributed by atoms with Gasteiger partial charge in [-0.25, -0.2) is 4.79 Å². The Morgan fingerprint density at radius 2 is 1.78 bits per heavy atom. The molecule has 0 atom stereocenters. The Kier molecular flexibility index (Phi) is 7.14. The molecule has 0 spiro atoms. The van der Waals surface area contributed by atoms with E-state index in [2.05, 4.69) is 6.92 Å². The number of hydrogen-bond donors (Lipinski definition) is 1. The van der Waals surface area contributed by atoms with Crippen molar-refractivity contribution < 1.29 is 18.9 Å². The smallest absolute Gasteiger partial charge is 0.461 e. The molecule has 1 rings (SSSR count). The molecule has 0 fully saturated rings. The van der Waals surface area contributed by atoms with Gasteiger partial charge in [-0.05, 0) is 6.42 Å². The van der Waals surface area contributed by atoms with Crippen LogP contribution in [0.5, 0.6) is 0 Å². The molecule has 0 saturated heterocycles. The van der Waals surface area contributed by atoms with E-state index in [1.54, 1.807) is 10.8 Å². The number of rotatable bonds is 10. The molecule has 0 bridgehead atoms. The van der Waals surface area contributed by atoms with Crippen molar-refractivity contribution in [3.05, 3.63) is 18.4 Å². The van der Waals surface area contributed by atoms with Crippen LogP contribution in [-0.4, -0.2) is 11.1 Å². The molecular weight excluding hydrogens is 230 g/mol. The van der Waals surface area contributed by atoms with E-state index in [0.29, 0.717) is 0 Å². The first-order chi connectivity index (χ1) is 8.75. The van der Waals surface area contributed by atoms with E-state index in [0.717, 1.165) is 19.4 Å². The fourth-order valence-electron chi connectivity index (χ4n) is 2.07. The highest BCUT2D eigenvalue weighted by Crippen LogP contribution is 2.08. The summed E-state index contributed by atoms with van der Waals surface area (Å²) in [6.45, 7) is 2.95. The van der Waals surface area contributed by atoms with Crippen LogP contribution in [0.2, 0.25) is 0 Å². The van der Waals surface area contributed by atoms with Crippen LogP contribution in [-0.2, 0) is 6.54 Å². The molecule has 0 radical (unpaired) electrons. The number of oxazole rings is 1. The highest BCUT2D eigenvalue weighted by atomic mass is 16.4. The average molecular weight is 254 g/mol. The maximum absolute atomic E-state index is 10.8. The molecule has 0 aliphatic heterocycles. The Morgan fingerprint density at radius 1 is 1.17 bits per heavy atom. The van der Waals surface area contributed by atoms with Crippen LogP contribution in [0, 0.1) is 0 Å². The summed E-state index contributed by atoms with van der Waals surface area (Å²) in [5.41, 5.74) is 0. The number of carbonyl (C=O) groups is 1. The summed E-state index contributed by atoms with van der Waals surface area (Å²) in [5, 5.41) is 8.86. The minimum atomic E-state index is -1.00. The highest BCUT2D eigenvalue weighted by Gasteiger charge is 2.22. The number of aryl methyl sites for hydroxylation is 1. The molecule has 18 heavy (non-hydrogen) atoms. The van der Waals surface area contributed by atoms with Gasteiger partial charge < -0.3 is 9.52 Å². The number of nitrogens with zero attached hydrogens (tertiary/aromatic N) is 1. The number of aromatic nitrogens is 1. The van der Waals surface area contributed by atoms with Gasteiger partial charge in [-0.1, -0.05) is 45.4 Å². The Labute approximate surface area is 109 Å². The quantitative estimate of drug-likeness (QED) is 0.514. The first-order valence-corrected chi connectivity index (χ1v) is 6.96. The minimum Gasteiger partial charge on any atom is -0.471 e. The van der Waals surface area contributed by atoms with Gasteiger partial charge in [-0.2, -0.15) is 4.57 Å². The zero-order valence-corrected chi connectivity index (χ0v) is 11.2. The Balaban J connectivity index is 2.07. The highest BCUT2D eigenvalue weighted by molar-refractivity contribution is 5.80. The third-order valence-electron chi connectivity index (χ3n) is 3.12. The largest absolute Gasteiger partial charge is 0.471 e. The van der Waals surface area contributed by atoms with Crippen molar-refractivity contribution in [3.63, 3.8) is 0 Å². The third-order valence-corrected chi connectivity index (χ3v) is 3.12. The molecule has 1 aromatic heterocycles. The van der Waals surface area contributed by atoms with E-state index in [1.165, 1.54) is 44.8 Å². The third kappa shape index (κ3) is 5.34. The summed E-state index contributed by atoms with van der Waals surface area (Å²) in [6, 6.07) is 0. The second kappa shape index (κ2) is 8.72. The maximum atomic E-state index is 10.8. The van der Waals surface area contributed by atoms with Crippen LogP contribution in [0.25, 0.3) is 0 Å². The topological polar surface area (TPSA) is 54.3 Å². The van der Waals surface area contributed by atoms with Gasteiger partial charge in [0.05, 0.1) is 0 Å². The summed E-state index contributed by atoms with van der Waals surface area (Å²) in [7, 11) is 0. The maximum Gasteiger partial charge on any atom is 0.461 e. The molecule has 1 heterocycles. The molecule has 0 unspecified atom stereocenters. The predicted octanol–water partition coefficient (Wildman–Crippen LogP) is 3.41. The summed E-state index contributed by atoms with van der Waals surface area (Å²) in [6.07, 6.45) is 13.1. The number of carboxylic acids is 1. The van der Waals surface area contributed by atoms with Gasteiger partial charge in [0.15, 0.2) is 12.8 Å². The average Bonchev–Trinajstić information content (AvgIpc) is 2.81. The molecule has 0 saturated carbocycles. The molecule has 4 nitrogen and oxygen atoms in total. The van der Waals surface area contributed by atoms with E-state index in [9.17, 15) is 4.79 Å². The summed E-state index contributed by atoms with van der Waals surface area (Å²) >= 11 is 0. The van der Waals surface area contributed by atoms with Crippen molar-refractivity contribution in [1.82, 2.24) is 0 Å². The molecule has 0 aliphatic rings. The van der Waals surface area contributed by atoms with E-state index in [1.807, 2.05) is 0 Å². The van der Waals surface area contributed by atoms with E-state index in [-0.39, 0.29) is 5.89 Å². The summed E-state index contributed by atoms with van der Waals surface area (Å²) < 4.78 is 6.58. The lowest BCUT2D eigenvalue weighted by atomic mass is 10.1. The van der Waals surface area contributed by atoms with Crippen LogP contribution >= 0.6 is 0 Å². The van der Waals surface area contributed by atoms with Crippen LogP contribution in [0.4, 0.5) is 0 Å². The van der Waals surface area contributed by atoms with Crippen molar-refractivity contribution in [2.45, 2.75) is 64.8 Å². The Hall–Kier alpha value is -1.32. The summed E-state index contributed by atoms with van der Waals surface area (Å²) in [4.78, 5) is 10.8. The fraction of sp³-hybridized carbons (Fsp3) is 0.714. The van der Waals surface area contributed by atoms with Crippen molar-refractivity contribution in [2.24, 2.45) is 0 Å². The zero-order valence-electron chi connectivity index (χ0n) is 11.2. The fourth-order valence-corrected chi connectivity index (χ4v) is 2.07. The normalized spacial score (nSPS) is 10.7. The molecular formula is C14H24NO3+. The van der Waals surface area contributed by atoms with Crippen molar-refractivity contribution in [1.29, 1.82) is 0 Å². The molecule has 0 aliphatic carbocycles. The van der Waals surface area contributed by atoms with E-state index < -0.39 is 5.97 Å². The number of hydrogen-bond acceptors (Lipinski definition) is 2. The number of carboxylic acid groups (broad SMARTS) is 1. The van der Waals surface area contributed by atoms with Crippen LogP contribution in [0.3, 0.4) is 0 Å². The lowest BCUT2D eigenvalue weighted by Crippen LogP contribution is -2.37. The van der Waals surface area contributed by atoms with Gasteiger partial charge in [0.2, 0.25) is 6.20 Å². The van der Waals surface area contributed by atoms with Gasteiger partial charge >= 0.3 is 11.9 Å². The van der Waals surface area contributed by atoms with Crippen molar-refractivity contribution >= 4 is 5.97 Å². The lowest BCUT2D eigenvalue weighted by Gasteiger charge is -1.99. The molecule has 1 aromatic rings. The van der Waals surface area contributed by atoms with Crippen LogP contribution in [0.1, 0.15) is 69.0 Å². The van der Waals surface area contributed by atoms with E-state index in [4.69, 9.17) is 9.52 Å². The Bertz CT molecular complexity index is 347. The molecule has 0 amide bonds. The molecule has 102 valence electrons. The van der Waals surface area contributed by atoms with Crippen LogP contribution < -0.4 is 4.57 Å². The second-order valence-corrected chi connectivity index (χ2v) is 4.68. The second-order valence-electron chi connectivity index (χ2n) is 4.68. The Morgan fingerprint density at radius 3 is 2.39 bits per heavy atom. The number of unbranched alkanes of at least 4 members (excludes halogenated alkanes) is 7. The molecule has 1 N–H and O–H groups in total.